The summed E-state index contributed by atoms with van der Waals surface area (Å²) in [5, 5.41) is 4.59. The lowest BCUT2D eigenvalue weighted by Crippen LogP contribution is -2.08. The van der Waals surface area contributed by atoms with Crippen LogP contribution in [-0.4, -0.2) is 14.8 Å². The van der Waals surface area contributed by atoms with E-state index in [1.54, 1.807) is 0 Å². The van der Waals surface area contributed by atoms with Gasteiger partial charge in [0.1, 0.15) is 0 Å². The van der Waals surface area contributed by atoms with Gasteiger partial charge >= 0.3 is 0 Å². The van der Waals surface area contributed by atoms with E-state index in [0.717, 1.165) is 29.9 Å². The number of aromatic nitrogens is 3. The maximum atomic E-state index is 5.80. The van der Waals surface area contributed by atoms with Crippen LogP contribution in [0.5, 0.6) is 0 Å². The van der Waals surface area contributed by atoms with Gasteiger partial charge in [-0.3, -0.25) is 4.98 Å². The molecule has 0 aliphatic heterocycles. The van der Waals surface area contributed by atoms with Crippen LogP contribution in [-0.2, 0) is 12.8 Å². The zero-order valence-electron chi connectivity index (χ0n) is 11.2. The predicted molar refractivity (Wildman–Crippen MR) is 72.7 cm³/mol. The molecule has 2 aromatic rings. The van der Waals surface area contributed by atoms with Crippen LogP contribution < -0.4 is 5.73 Å². The standard InChI is InChI=1S/C14H20N4/c1-4-11-8-12(5-2)18(17-11)13-6-7-14(10(3)15)16-9-13/h6-10H,4-5,15H2,1-3H3. The smallest absolute Gasteiger partial charge is 0.0832 e. The SMILES string of the molecule is CCc1cc(CC)n(-c2ccc(C(C)N)nc2)n1. The van der Waals surface area contributed by atoms with Crippen LogP contribution in [0.15, 0.2) is 24.4 Å². The van der Waals surface area contributed by atoms with Crippen molar-refractivity contribution in [2.45, 2.75) is 39.7 Å². The minimum atomic E-state index is -0.0338. The molecule has 0 saturated carbocycles. The van der Waals surface area contributed by atoms with Crippen molar-refractivity contribution in [3.05, 3.63) is 41.5 Å². The number of aryl methyl sites for hydroxylation is 2. The molecule has 0 aliphatic rings. The quantitative estimate of drug-likeness (QED) is 0.898. The topological polar surface area (TPSA) is 56.7 Å². The van der Waals surface area contributed by atoms with Crippen molar-refractivity contribution >= 4 is 0 Å². The Morgan fingerprint density at radius 1 is 1.28 bits per heavy atom. The van der Waals surface area contributed by atoms with Crippen molar-refractivity contribution in [1.82, 2.24) is 14.8 Å². The van der Waals surface area contributed by atoms with E-state index in [2.05, 4.69) is 30.0 Å². The molecular formula is C14H20N4. The first-order valence-electron chi connectivity index (χ1n) is 6.45. The Kier molecular flexibility index (Phi) is 3.77. The predicted octanol–water partition coefficient (Wildman–Crippen LogP) is 2.41. The Morgan fingerprint density at radius 3 is 2.56 bits per heavy atom. The van der Waals surface area contributed by atoms with E-state index in [9.17, 15) is 0 Å². The number of pyridine rings is 1. The largest absolute Gasteiger partial charge is 0.323 e. The highest BCUT2D eigenvalue weighted by Gasteiger charge is 2.08. The number of nitrogens with zero attached hydrogens (tertiary/aromatic N) is 3. The molecule has 0 radical (unpaired) electrons. The maximum Gasteiger partial charge on any atom is 0.0832 e. The van der Waals surface area contributed by atoms with Crippen LogP contribution in [0.3, 0.4) is 0 Å². The van der Waals surface area contributed by atoms with Crippen molar-refractivity contribution in [3.63, 3.8) is 0 Å². The molecular weight excluding hydrogens is 224 g/mol. The monoisotopic (exact) mass is 244 g/mol. The molecule has 1 atom stereocenters. The fraction of sp³-hybridized carbons (Fsp3) is 0.429. The van der Waals surface area contributed by atoms with Crippen LogP contribution >= 0.6 is 0 Å². The molecule has 4 heteroatoms. The third-order valence-electron chi connectivity index (χ3n) is 3.04. The number of nitrogens with two attached hydrogens (primary N) is 1. The lowest BCUT2D eigenvalue weighted by molar-refractivity contribution is 0.762. The van der Waals surface area contributed by atoms with Gasteiger partial charge in [-0.25, -0.2) is 4.68 Å². The van der Waals surface area contributed by atoms with E-state index >= 15 is 0 Å². The normalized spacial score (nSPS) is 12.7. The van der Waals surface area contributed by atoms with Gasteiger partial charge in [0.05, 0.1) is 23.3 Å². The summed E-state index contributed by atoms with van der Waals surface area (Å²) in [5.74, 6) is 0. The molecule has 1 unspecified atom stereocenters. The summed E-state index contributed by atoms with van der Waals surface area (Å²) in [6.07, 6.45) is 3.75. The van der Waals surface area contributed by atoms with Gasteiger partial charge in [0.2, 0.25) is 0 Å². The number of rotatable bonds is 4. The van der Waals surface area contributed by atoms with Crippen LogP contribution in [0.25, 0.3) is 5.69 Å². The van der Waals surface area contributed by atoms with Gasteiger partial charge in [-0.05, 0) is 38.0 Å². The summed E-state index contributed by atoms with van der Waals surface area (Å²) >= 11 is 0. The molecule has 96 valence electrons. The maximum absolute atomic E-state index is 5.80. The van der Waals surface area contributed by atoms with Crippen molar-refractivity contribution < 1.29 is 0 Å². The minimum Gasteiger partial charge on any atom is -0.323 e. The zero-order chi connectivity index (χ0) is 13.1. The second-order valence-corrected chi connectivity index (χ2v) is 4.48. The van der Waals surface area contributed by atoms with Crippen LogP contribution in [0.2, 0.25) is 0 Å². The molecule has 2 N–H and O–H groups in total. The zero-order valence-corrected chi connectivity index (χ0v) is 11.2. The molecule has 2 aromatic heterocycles. The summed E-state index contributed by atoms with van der Waals surface area (Å²) < 4.78 is 1.97. The molecule has 2 rings (SSSR count). The van der Waals surface area contributed by atoms with E-state index in [1.165, 1.54) is 5.69 Å². The molecule has 0 aliphatic carbocycles. The average Bonchev–Trinajstić information content (AvgIpc) is 2.82. The molecule has 4 nitrogen and oxygen atoms in total. The Bertz CT molecular complexity index is 511. The van der Waals surface area contributed by atoms with Gasteiger partial charge in [0.25, 0.3) is 0 Å². The second kappa shape index (κ2) is 5.31. The van der Waals surface area contributed by atoms with Gasteiger partial charge < -0.3 is 5.73 Å². The van der Waals surface area contributed by atoms with Crippen LogP contribution in [0, 0.1) is 0 Å². The summed E-state index contributed by atoms with van der Waals surface area (Å²) in [7, 11) is 0. The molecule has 0 spiro atoms. The van der Waals surface area contributed by atoms with Crippen molar-refractivity contribution in [1.29, 1.82) is 0 Å². The number of hydrogen-bond donors (Lipinski definition) is 1. The van der Waals surface area contributed by atoms with Gasteiger partial charge in [-0.15, -0.1) is 0 Å². The van der Waals surface area contributed by atoms with Gasteiger partial charge in [-0.1, -0.05) is 13.8 Å². The first-order valence-corrected chi connectivity index (χ1v) is 6.45. The van der Waals surface area contributed by atoms with Crippen molar-refractivity contribution in [2.75, 3.05) is 0 Å². The Balaban J connectivity index is 2.38. The van der Waals surface area contributed by atoms with Gasteiger partial charge in [0.15, 0.2) is 0 Å². The van der Waals surface area contributed by atoms with Gasteiger partial charge in [0, 0.05) is 11.7 Å². The first kappa shape index (κ1) is 12.8. The summed E-state index contributed by atoms with van der Waals surface area (Å²) in [4.78, 5) is 4.38. The Hall–Kier alpha value is -1.68. The van der Waals surface area contributed by atoms with Crippen LogP contribution in [0.1, 0.15) is 43.9 Å². The first-order chi connectivity index (χ1) is 8.65. The third kappa shape index (κ3) is 2.43. The summed E-state index contributed by atoms with van der Waals surface area (Å²) in [6.45, 7) is 6.18. The minimum absolute atomic E-state index is 0.0338. The molecule has 0 bridgehead atoms. The van der Waals surface area contributed by atoms with E-state index in [-0.39, 0.29) is 6.04 Å². The van der Waals surface area contributed by atoms with E-state index in [4.69, 9.17) is 5.73 Å². The molecule has 18 heavy (non-hydrogen) atoms. The molecule has 0 fully saturated rings. The highest BCUT2D eigenvalue weighted by molar-refractivity contribution is 5.32. The lowest BCUT2D eigenvalue weighted by atomic mass is 10.2. The highest BCUT2D eigenvalue weighted by Crippen LogP contribution is 2.15. The third-order valence-corrected chi connectivity index (χ3v) is 3.04. The fourth-order valence-electron chi connectivity index (χ4n) is 1.92. The molecule has 0 saturated heterocycles. The summed E-state index contributed by atoms with van der Waals surface area (Å²) in [5.41, 5.74) is 10.0. The van der Waals surface area contributed by atoms with Crippen LogP contribution in [0.4, 0.5) is 0 Å². The lowest BCUT2D eigenvalue weighted by Gasteiger charge is -2.08. The van der Waals surface area contributed by atoms with Crippen molar-refractivity contribution in [3.8, 4) is 5.69 Å². The van der Waals surface area contributed by atoms with E-state index < -0.39 is 0 Å². The van der Waals surface area contributed by atoms with Gasteiger partial charge in [-0.2, -0.15) is 5.10 Å². The van der Waals surface area contributed by atoms with E-state index in [0.29, 0.717) is 0 Å². The Morgan fingerprint density at radius 2 is 2.06 bits per heavy atom. The highest BCUT2D eigenvalue weighted by atomic mass is 15.3. The van der Waals surface area contributed by atoms with E-state index in [1.807, 2.05) is 29.9 Å². The average molecular weight is 244 g/mol. The fourth-order valence-corrected chi connectivity index (χ4v) is 1.92. The molecule has 0 amide bonds. The molecule has 2 heterocycles. The number of hydrogen-bond acceptors (Lipinski definition) is 3. The Labute approximate surface area is 108 Å². The summed E-state index contributed by atoms with van der Waals surface area (Å²) in [6, 6.07) is 6.11. The molecule has 0 aromatic carbocycles. The second-order valence-electron chi connectivity index (χ2n) is 4.48. The van der Waals surface area contributed by atoms with Crippen molar-refractivity contribution in [2.24, 2.45) is 5.73 Å².